The van der Waals surface area contributed by atoms with Crippen LogP contribution in [-0.4, -0.2) is 11.0 Å². The van der Waals surface area contributed by atoms with Gasteiger partial charge in [0.2, 0.25) is 0 Å². The van der Waals surface area contributed by atoms with Crippen LogP contribution in [0.15, 0.2) is 16.5 Å². The van der Waals surface area contributed by atoms with Gasteiger partial charge in [-0.25, -0.2) is 4.98 Å². The second-order valence-corrected chi connectivity index (χ2v) is 4.23. The van der Waals surface area contributed by atoms with E-state index >= 15 is 0 Å². The van der Waals surface area contributed by atoms with Crippen LogP contribution in [0.3, 0.4) is 0 Å². The standard InChI is InChI=1S/C11H13ClN2O/c1-6(13)3-8-4-11-10(5-9(8)12)14-7(2)15-11/h4-6H,3,13H2,1-2H3. The summed E-state index contributed by atoms with van der Waals surface area (Å²) >= 11 is 6.12. The third-order valence-corrected chi connectivity index (χ3v) is 2.56. The Kier molecular flexibility index (Phi) is 2.67. The Labute approximate surface area is 93.2 Å². The van der Waals surface area contributed by atoms with Gasteiger partial charge in [-0.2, -0.15) is 0 Å². The average Bonchev–Trinajstić information content (AvgIpc) is 2.44. The number of fused-ring (bicyclic) bond motifs is 1. The molecule has 2 rings (SSSR count). The minimum absolute atomic E-state index is 0.0870. The summed E-state index contributed by atoms with van der Waals surface area (Å²) < 4.78 is 5.43. The van der Waals surface area contributed by atoms with Gasteiger partial charge in [-0.3, -0.25) is 0 Å². The van der Waals surface area contributed by atoms with E-state index in [2.05, 4.69) is 4.98 Å². The zero-order valence-corrected chi connectivity index (χ0v) is 9.51. The highest BCUT2D eigenvalue weighted by Gasteiger charge is 2.09. The molecule has 0 saturated carbocycles. The number of nitrogens with two attached hydrogens (primary N) is 1. The quantitative estimate of drug-likeness (QED) is 0.853. The third-order valence-electron chi connectivity index (χ3n) is 2.21. The van der Waals surface area contributed by atoms with Crippen LogP contribution in [0.1, 0.15) is 18.4 Å². The number of aryl methyl sites for hydroxylation is 1. The molecular formula is C11H13ClN2O. The predicted molar refractivity (Wildman–Crippen MR) is 61.1 cm³/mol. The van der Waals surface area contributed by atoms with Gasteiger partial charge in [0, 0.05) is 18.0 Å². The molecule has 0 aliphatic rings. The summed E-state index contributed by atoms with van der Waals surface area (Å²) in [6.45, 7) is 3.77. The molecule has 2 N–H and O–H groups in total. The summed E-state index contributed by atoms with van der Waals surface area (Å²) in [6.07, 6.45) is 0.745. The molecule has 0 aliphatic carbocycles. The Morgan fingerprint density at radius 3 is 2.93 bits per heavy atom. The second kappa shape index (κ2) is 3.83. The predicted octanol–water partition coefficient (Wildman–Crippen LogP) is 2.68. The molecule has 1 aromatic heterocycles. The number of halogens is 1. The van der Waals surface area contributed by atoms with Crippen LogP contribution < -0.4 is 5.73 Å². The maximum atomic E-state index is 6.12. The topological polar surface area (TPSA) is 52.0 Å². The van der Waals surface area contributed by atoms with Gasteiger partial charge in [0.05, 0.1) is 0 Å². The van der Waals surface area contributed by atoms with Gasteiger partial charge in [0.25, 0.3) is 0 Å². The van der Waals surface area contributed by atoms with Crippen molar-refractivity contribution in [2.75, 3.05) is 0 Å². The molecule has 1 aromatic carbocycles. The Hall–Kier alpha value is -1.06. The van der Waals surface area contributed by atoms with Crippen molar-refractivity contribution in [3.8, 4) is 0 Å². The SMILES string of the molecule is Cc1nc2cc(Cl)c(CC(C)N)cc2o1. The van der Waals surface area contributed by atoms with Crippen molar-refractivity contribution in [2.24, 2.45) is 5.73 Å². The Morgan fingerprint density at radius 2 is 2.27 bits per heavy atom. The Balaban J connectivity index is 2.51. The highest BCUT2D eigenvalue weighted by atomic mass is 35.5. The van der Waals surface area contributed by atoms with E-state index in [0.717, 1.165) is 23.1 Å². The lowest BCUT2D eigenvalue weighted by atomic mass is 10.1. The van der Waals surface area contributed by atoms with E-state index in [-0.39, 0.29) is 6.04 Å². The summed E-state index contributed by atoms with van der Waals surface area (Å²) in [4.78, 5) is 4.21. The van der Waals surface area contributed by atoms with Gasteiger partial charge in [-0.15, -0.1) is 0 Å². The lowest BCUT2D eigenvalue weighted by Crippen LogP contribution is -2.17. The largest absolute Gasteiger partial charge is 0.441 e. The normalized spacial score (nSPS) is 13.3. The number of oxazole rings is 1. The molecule has 0 fully saturated rings. The molecular weight excluding hydrogens is 212 g/mol. The lowest BCUT2D eigenvalue weighted by Gasteiger charge is -2.06. The molecule has 0 radical (unpaired) electrons. The molecule has 15 heavy (non-hydrogen) atoms. The van der Waals surface area contributed by atoms with Crippen molar-refractivity contribution in [2.45, 2.75) is 26.3 Å². The Bertz CT molecular complexity index is 491. The fraction of sp³-hybridized carbons (Fsp3) is 0.364. The maximum Gasteiger partial charge on any atom is 0.192 e. The average molecular weight is 225 g/mol. The van der Waals surface area contributed by atoms with Gasteiger partial charge in [-0.05, 0) is 31.0 Å². The van der Waals surface area contributed by atoms with Crippen LogP contribution in [-0.2, 0) is 6.42 Å². The molecule has 2 aromatic rings. The zero-order chi connectivity index (χ0) is 11.0. The molecule has 4 heteroatoms. The van der Waals surface area contributed by atoms with Crippen molar-refractivity contribution in [1.82, 2.24) is 4.98 Å². The molecule has 80 valence electrons. The molecule has 0 amide bonds. The smallest absolute Gasteiger partial charge is 0.192 e. The van der Waals surface area contributed by atoms with Crippen LogP contribution in [0, 0.1) is 6.92 Å². The zero-order valence-electron chi connectivity index (χ0n) is 8.75. The number of hydrogen-bond donors (Lipinski definition) is 1. The summed E-state index contributed by atoms with van der Waals surface area (Å²) in [6, 6.07) is 3.83. The summed E-state index contributed by atoms with van der Waals surface area (Å²) in [5.74, 6) is 0.652. The van der Waals surface area contributed by atoms with Crippen LogP contribution in [0.5, 0.6) is 0 Å². The van der Waals surface area contributed by atoms with E-state index in [1.54, 1.807) is 0 Å². The number of rotatable bonds is 2. The van der Waals surface area contributed by atoms with E-state index in [4.69, 9.17) is 21.8 Å². The van der Waals surface area contributed by atoms with Crippen molar-refractivity contribution < 1.29 is 4.42 Å². The van der Waals surface area contributed by atoms with Gasteiger partial charge in [-0.1, -0.05) is 11.6 Å². The first-order chi connectivity index (χ1) is 7.06. The number of aromatic nitrogens is 1. The van der Waals surface area contributed by atoms with E-state index in [1.807, 2.05) is 26.0 Å². The van der Waals surface area contributed by atoms with Gasteiger partial charge in [0.15, 0.2) is 11.5 Å². The molecule has 0 aliphatic heterocycles. The van der Waals surface area contributed by atoms with Gasteiger partial charge >= 0.3 is 0 Å². The molecule has 1 unspecified atom stereocenters. The fourth-order valence-electron chi connectivity index (χ4n) is 1.61. The van der Waals surface area contributed by atoms with Gasteiger partial charge < -0.3 is 10.2 Å². The van der Waals surface area contributed by atoms with Crippen LogP contribution >= 0.6 is 11.6 Å². The molecule has 0 spiro atoms. The minimum Gasteiger partial charge on any atom is -0.441 e. The van der Waals surface area contributed by atoms with E-state index in [1.165, 1.54) is 0 Å². The monoisotopic (exact) mass is 224 g/mol. The maximum absolute atomic E-state index is 6.12. The minimum atomic E-state index is 0.0870. The summed E-state index contributed by atoms with van der Waals surface area (Å²) in [7, 11) is 0. The number of hydrogen-bond acceptors (Lipinski definition) is 3. The molecule has 0 saturated heterocycles. The van der Waals surface area contributed by atoms with E-state index in [0.29, 0.717) is 10.9 Å². The van der Waals surface area contributed by atoms with Crippen molar-refractivity contribution in [3.05, 3.63) is 28.6 Å². The van der Waals surface area contributed by atoms with Crippen molar-refractivity contribution in [1.29, 1.82) is 0 Å². The van der Waals surface area contributed by atoms with Gasteiger partial charge in [0.1, 0.15) is 5.52 Å². The van der Waals surface area contributed by atoms with Crippen molar-refractivity contribution in [3.63, 3.8) is 0 Å². The molecule has 1 heterocycles. The lowest BCUT2D eigenvalue weighted by molar-refractivity contribution is 0.560. The Morgan fingerprint density at radius 1 is 1.53 bits per heavy atom. The van der Waals surface area contributed by atoms with E-state index in [9.17, 15) is 0 Å². The first kappa shape index (κ1) is 10.5. The summed E-state index contributed by atoms with van der Waals surface area (Å²) in [5.41, 5.74) is 8.32. The number of nitrogens with zero attached hydrogens (tertiary/aromatic N) is 1. The second-order valence-electron chi connectivity index (χ2n) is 3.83. The van der Waals surface area contributed by atoms with E-state index < -0.39 is 0 Å². The van der Waals surface area contributed by atoms with Crippen LogP contribution in [0.25, 0.3) is 11.1 Å². The fourth-order valence-corrected chi connectivity index (χ4v) is 1.84. The highest BCUT2D eigenvalue weighted by molar-refractivity contribution is 6.32. The van der Waals surface area contributed by atoms with Crippen LogP contribution in [0.2, 0.25) is 5.02 Å². The third kappa shape index (κ3) is 2.13. The van der Waals surface area contributed by atoms with Crippen molar-refractivity contribution >= 4 is 22.7 Å². The number of benzene rings is 1. The molecule has 0 bridgehead atoms. The highest BCUT2D eigenvalue weighted by Crippen LogP contribution is 2.25. The molecule has 3 nitrogen and oxygen atoms in total. The summed E-state index contributed by atoms with van der Waals surface area (Å²) in [5, 5.41) is 0.702. The first-order valence-electron chi connectivity index (χ1n) is 4.87. The first-order valence-corrected chi connectivity index (χ1v) is 5.25. The molecule has 1 atom stereocenters. The van der Waals surface area contributed by atoms with Crippen LogP contribution in [0.4, 0.5) is 0 Å².